The number of rotatable bonds is 8. The average molecular weight is 360 g/mol. The summed E-state index contributed by atoms with van der Waals surface area (Å²) in [5.41, 5.74) is 1.39. The molecule has 0 saturated carbocycles. The van der Waals surface area contributed by atoms with Crippen molar-refractivity contribution in [3.63, 3.8) is 0 Å². The summed E-state index contributed by atoms with van der Waals surface area (Å²) in [6.45, 7) is -0.862. The third-order valence-electron chi connectivity index (χ3n) is 3.22. The van der Waals surface area contributed by atoms with Crippen LogP contribution >= 0.6 is 0 Å². The molecule has 0 saturated heterocycles. The van der Waals surface area contributed by atoms with E-state index in [0.29, 0.717) is 5.56 Å². The molecule has 2 rings (SSSR count). The lowest BCUT2D eigenvalue weighted by molar-refractivity contribution is -0.0512. The Bertz CT molecular complexity index is 791. The number of alkyl halides is 2. The first-order chi connectivity index (χ1) is 11.3. The van der Waals surface area contributed by atoms with Crippen LogP contribution in [0.25, 0.3) is 0 Å². The molecule has 1 aromatic heterocycles. The van der Waals surface area contributed by atoms with Crippen molar-refractivity contribution in [3.8, 4) is 11.5 Å². The van der Waals surface area contributed by atoms with Crippen LogP contribution in [0.3, 0.4) is 0 Å². The summed E-state index contributed by atoms with van der Waals surface area (Å²) in [5, 5.41) is 4.04. The summed E-state index contributed by atoms with van der Waals surface area (Å²) < 4.78 is 59.8. The summed E-state index contributed by atoms with van der Waals surface area (Å²) in [6, 6.07) is 4.08. The Morgan fingerprint density at radius 2 is 2.04 bits per heavy atom. The van der Waals surface area contributed by atoms with Gasteiger partial charge in [-0.15, -0.1) is 0 Å². The fourth-order valence-electron chi connectivity index (χ4n) is 2.14. The van der Waals surface area contributed by atoms with Crippen molar-refractivity contribution < 1.29 is 26.7 Å². The fraction of sp³-hybridized carbons (Fsp3) is 0.400. The molecule has 132 valence electrons. The predicted molar refractivity (Wildman–Crippen MR) is 84.1 cm³/mol. The highest BCUT2D eigenvalue weighted by Gasteiger charge is 2.16. The lowest BCUT2D eigenvalue weighted by Gasteiger charge is -2.11. The number of hydrogen-bond donors (Lipinski definition) is 0. The number of hydrogen-bond acceptors (Lipinski definition) is 5. The Balaban J connectivity index is 2.05. The first-order valence-electron chi connectivity index (χ1n) is 7.10. The van der Waals surface area contributed by atoms with Crippen LogP contribution in [0, 0.1) is 6.92 Å². The van der Waals surface area contributed by atoms with Crippen molar-refractivity contribution in [2.45, 2.75) is 25.8 Å². The van der Waals surface area contributed by atoms with Crippen LogP contribution in [0.5, 0.6) is 11.5 Å². The topological polar surface area (TPSA) is 70.4 Å². The van der Waals surface area contributed by atoms with Gasteiger partial charge in [-0.25, -0.2) is 8.42 Å². The maximum Gasteiger partial charge on any atom is 0.387 e. The maximum atomic E-state index is 12.3. The molecule has 0 atom stereocenters. The summed E-state index contributed by atoms with van der Waals surface area (Å²) in [6.07, 6.45) is 3.41. The molecular weight excluding hydrogens is 342 g/mol. The predicted octanol–water partition coefficient (Wildman–Crippen LogP) is 2.42. The molecule has 0 bridgehead atoms. The average Bonchev–Trinajstić information content (AvgIpc) is 2.92. The van der Waals surface area contributed by atoms with Crippen molar-refractivity contribution in [2.75, 3.05) is 12.9 Å². The third-order valence-corrected chi connectivity index (χ3v) is 4.80. The minimum atomic E-state index is -3.39. The van der Waals surface area contributed by atoms with Crippen LogP contribution < -0.4 is 9.47 Å². The van der Waals surface area contributed by atoms with Gasteiger partial charge in [0.1, 0.15) is 0 Å². The largest absolute Gasteiger partial charge is 0.493 e. The molecule has 2 aromatic rings. The van der Waals surface area contributed by atoms with Crippen LogP contribution in [0.1, 0.15) is 11.1 Å². The van der Waals surface area contributed by atoms with E-state index in [9.17, 15) is 17.2 Å². The molecule has 0 aliphatic heterocycles. The van der Waals surface area contributed by atoms with E-state index in [2.05, 4.69) is 9.84 Å². The van der Waals surface area contributed by atoms with E-state index in [0.717, 1.165) is 5.56 Å². The number of benzene rings is 1. The molecule has 0 aliphatic rings. The molecule has 0 aliphatic carbocycles. The van der Waals surface area contributed by atoms with Crippen molar-refractivity contribution in [1.82, 2.24) is 9.78 Å². The normalized spacial score (nSPS) is 11.7. The maximum absolute atomic E-state index is 12.3. The van der Waals surface area contributed by atoms with Gasteiger partial charge in [-0.3, -0.25) is 4.68 Å². The Labute approximate surface area is 138 Å². The highest BCUT2D eigenvalue weighted by atomic mass is 32.2. The minimum absolute atomic E-state index is 0.0608. The summed E-state index contributed by atoms with van der Waals surface area (Å²) in [5.74, 6) is -0.379. The van der Waals surface area contributed by atoms with Gasteiger partial charge in [0.2, 0.25) is 0 Å². The van der Waals surface area contributed by atoms with Gasteiger partial charge in [-0.2, -0.15) is 13.9 Å². The highest BCUT2D eigenvalue weighted by molar-refractivity contribution is 7.90. The van der Waals surface area contributed by atoms with Crippen LogP contribution in [-0.4, -0.2) is 37.7 Å². The Kier molecular flexibility index (Phi) is 5.76. The summed E-state index contributed by atoms with van der Waals surface area (Å²) in [4.78, 5) is 0. The Morgan fingerprint density at radius 3 is 2.62 bits per heavy atom. The van der Waals surface area contributed by atoms with Gasteiger partial charge in [0, 0.05) is 6.20 Å². The zero-order valence-electron chi connectivity index (χ0n) is 13.3. The second-order valence-corrected chi connectivity index (χ2v) is 7.42. The molecule has 6 nitrogen and oxygen atoms in total. The van der Waals surface area contributed by atoms with Gasteiger partial charge in [-0.05, 0) is 30.2 Å². The monoisotopic (exact) mass is 360 g/mol. The van der Waals surface area contributed by atoms with Gasteiger partial charge < -0.3 is 9.47 Å². The van der Waals surface area contributed by atoms with Crippen molar-refractivity contribution >= 4 is 9.84 Å². The fourth-order valence-corrected chi connectivity index (χ4v) is 3.44. The first kappa shape index (κ1) is 18.2. The molecule has 0 amide bonds. The molecule has 1 heterocycles. The van der Waals surface area contributed by atoms with Gasteiger partial charge in [0.05, 0.1) is 31.4 Å². The molecule has 0 N–H and O–H groups in total. The minimum Gasteiger partial charge on any atom is -0.493 e. The number of nitrogens with zero attached hydrogens (tertiary/aromatic N) is 2. The number of sulfone groups is 1. The van der Waals surface area contributed by atoms with Crippen LogP contribution in [0.15, 0.2) is 30.6 Å². The smallest absolute Gasteiger partial charge is 0.387 e. The summed E-state index contributed by atoms with van der Waals surface area (Å²) >= 11 is 0. The molecule has 0 fully saturated rings. The van der Waals surface area contributed by atoms with Crippen LogP contribution in [0.4, 0.5) is 8.78 Å². The molecule has 0 spiro atoms. The van der Waals surface area contributed by atoms with E-state index < -0.39 is 16.4 Å². The summed E-state index contributed by atoms with van der Waals surface area (Å²) in [7, 11) is -2.09. The second-order valence-electron chi connectivity index (χ2n) is 5.24. The van der Waals surface area contributed by atoms with Gasteiger partial charge in [-0.1, -0.05) is 6.07 Å². The van der Waals surface area contributed by atoms with Gasteiger partial charge >= 0.3 is 6.61 Å². The standard InChI is InChI=1S/C15H18F2N2O4S/c1-11-8-18-19(9-11)5-6-24(20,21)10-12-3-4-13(23-15(16)17)14(7-12)22-2/h3-4,7-9,15H,5-6,10H2,1-2H3. The first-order valence-corrected chi connectivity index (χ1v) is 8.92. The molecule has 1 aromatic carbocycles. The van der Waals surface area contributed by atoms with Crippen molar-refractivity contribution in [2.24, 2.45) is 0 Å². The third kappa shape index (κ3) is 5.19. The van der Waals surface area contributed by atoms with E-state index in [1.807, 2.05) is 6.92 Å². The molecule has 0 unspecified atom stereocenters. The lowest BCUT2D eigenvalue weighted by Crippen LogP contribution is -2.15. The molecule has 24 heavy (non-hydrogen) atoms. The van der Waals surface area contributed by atoms with Crippen molar-refractivity contribution in [1.29, 1.82) is 0 Å². The number of aryl methyl sites for hydroxylation is 2. The van der Waals surface area contributed by atoms with E-state index in [-0.39, 0.29) is 29.5 Å². The SMILES string of the molecule is COc1cc(CS(=O)(=O)CCn2cc(C)cn2)ccc1OC(F)F. The molecule has 9 heteroatoms. The second kappa shape index (κ2) is 7.61. The van der Waals surface area contributed by atoms with E-state index in [1.54, 1.807) is 17.1 Å². The number of aromatic nitrogens is 2. The Hall–Kier alpha value is -2.16. The Morgan fingerprint density at radius 1 is 1.29 bits per heavy atom. The quantitative estimate of drug-likeness (QED) is 0.723. The number of methoxy groups -OCH3 is 1. The van der Waals surface area contributed by atoms with Crippen LogP contribution in [-0.2, 0) is 22.1 Å². The van der Waals surface area contributed by atoms with E-state index in [4.69, 9.17) is 4.74 Å². The number of halogens is 2. The zero-order valence-corrected chi connectivity index (χ0v) is 14.1. The van der Waals surface area contributed by atoms with E-state index >= 15 is 0 Å². The van der Waals surface area contributed by atoms with Crippen molar-refractivity contribution in [3.05, 3.63) is 41.7 Å². The van der Waals surface area contributed by atoms with E-state index in [1.165, 1.54) is 25.3 Å². The van der Waals surface area contributed by atoms with Gasteiger partial charge in [0.25, 0.3) is 0 Å². The number of ether oxygens (including phenoxy) is 2. The lowest BCUT2D eigenvalue weighted by atomic mass is 10.2. The van der Waals surface area contributed by atoms with Gasteiger partial charge in [0.15, 0.2) is 21.3 Å². The zero-order chi connectivity index (χ0) is 17.7. The molecular formula is C15H18F2N2O4S. The van der Waals surface area contributed by atoms with Crippen LogP contribution in [0.2, 0.25) is 0 Å². The highest BCUT2D eigenvalue weighted by Crippen LogP contribution is 2.30. The molecule has 0 radical (unpaired) electrons.